The predicted molar refractivity (Wildman–Crippen MR) is 48.6 cm³/mol. The Kier molecular flexibility index (Phi) is 2.59. The summed E-state index contributed by atoms with van der Waals surface area (Å²) < 4.78 is 26.0. The van der Waals surface area contributed by atoms with Crippen LogP contribution in [0.1, 0.15) is 19.4 Å². The summed E-state index contributed by atoms with van der Waals surface area (Å²) in [6.07, 6.45) is 0. The van der Waals surface area contributed by atoms with Crippen LogP contribution in [0.25, 0.3) is 0 Å². The van der Waals surface area contributed by atoms with Crippen molar-refractivity contribution < 1.29 is 8.78 Å². The third-order valence-corrected chi connectivity index (χ3v) is 2.08. The molecule has 0 fully saturated rings. The van der Waals surface area contributed by atoms with Gasteiger partial charge in [0.1, 0.15) is 16.7 Å². The molecule has 0 heterocycles. The topological polar surface area (TPSA) is 26.0 Å². The van der Waals surface area contributed by atoms with Gasteiger partial charge in [0.25, 0.3) is 0 Å². The van der Waals surface area contributed by atoms with E-state index in [0.717, 1.165) is 6.07 Å². The van der Waals surface area contributed by atoms with E-state index in [2.05, 4.69) is 0 Å². The first-order chi connectivity index (χ1) is 5.84. The molecule has 1 aromatic rings. The van der Waals surface area contributed by atoms with Crippen LogP contribution in [0.5, 0.6) is 0 Å². The molecule has 1 rings (SSSR count). The van der Waals surface area contributed by atoms with Gasteiger partial charge in [-0.25, -0.2) is 8.78 Å². The lowest BCUT2D eigenvalue weighted by Gasteiger charge is -2.20. The summed E-state index contributed by atoms with van der Waals surface area (Å²) >= 11 is 5.38. The third-order valence-electron chi connectivity index (χ3n) is 1.73. The standard InChI is InChI=1S/C9H10ClF2N/c1-9(2,13)5-3-4-6(11)7(10)8(5)12/h3-4H,13H2,1-2H3. The van der Waals surface area contributed by atoms with Crippen LogP contribution in [-0.4, -0.2) is 0 Å². The van der Waals surface area contributed by atoms with E-state index < -0.39 is 22.2 Å². The highest BCUT2D eigenvalue weighted by Gasteiger charge is 2.22. The van der Waals surface area contributed by atoms with Gasteiger partial charge >= 0.3 is 0 Å². The molecule has 1 aromatic carbocycles. The van der Waals surface area contributed by atoms with Gasteiger partial charge < -0.3 is 5.73 Å². The number of rotatable bonds is 1. The van der Waals surface area contributed by atoms with E-state index in [9.17, 15) is 8.78 Å². The first-order valence-corrected chi connectivity index (χ1v) is 4.14. The van der Waals surface area contributed by atoms with Crippen LogP contribution < -0.4 is 5.73 Å². The highest BCUT2D eigenvalue weighted by molar-refractivity contribution is 6.30. The summed E-state index contributed by atoms with van der Waals surface area (Å²) in [4.78, 5) is 0. The average molecular weight is 206 g/mol. The van der Waals surface area contributed by atoms with Crippen LogP contribution in [0.2, 0.25) is 5.02 Å². The SMILES string of the molecule is CC(C)(N)c1ccc(F)c(Cl)c1F. The molecular weight excluding hydrogens is 196 g/mol. The van der Waals surface area contributed by atoms with E-state index in [1.54, 1.807) is 13.8 Å². The molecule has 0 bridgehead atoms. The Morgan fingerprint density at radius 1 is 1.31 bits per heavy atom. The number of halogens is 3. The van der Waals surface area contributed by atoms with Gasteiger partial charge in [-0.05, 0) is 19.9 Å². The fraction of sp³-hybridized carbons (Fsp3) is 0.333. The van der Waals surface area contributed by atoms with Crippen molar-refractivity contribution in [2.75, 3.05) is 0 Å². The molecule has 0 unspecified atom stereocenters. The molecule has 0 aliphatic carbocycles. The maximum atomic E-state index is 13.3. The Balaban J connectivity index is 3.35. The van der Waals surface area contributed by atoms with E-state index in [0.29, 0.717) is 0 Å². The third kappa shape index (κ3) is 1.98. The zero-order valence-electron chi connectivity index (χ0n) is 7.37. The molecule has 0 atom stereocenters. The maximum Gasteiger partial charge on any atom is 0.149 e. The van der Waals surface area contributed by atoms with E-state index in [-0.39, 0.29) is 5.56 Å². The summed E-state index contributed by atoms with van der Waals surface area (Å²) in [5.41, 5.74) is 5.00. The summed E-state index contributed by atoms with van der Waals surface area (Å²) in [7, 11) is 0. The van der Waals surface area contributed by atoms with Crippen molar-refractivity contribution in [3.8, 4) is 0 Å². The molecule has 0 radical (unpaired) electrons. The molecule has 0 spiro atoms. The van der Waals surface area contributed by atoms with Crippen molar-refractivity contribution in [1.29, 1.82) is 0 Å². The van der Waals surface area contributed by atoms with Crippen LogP contribution in [-0.2, 0) is 5.54 Å². The molecule has 0 aliphatic rings. The minimum Gasteiger partial charge on any atom is -0.322 e. The van der Waals surface area contributed by atoms with Gasteiger partial charge in [-0.1, -0.05) is 17.7 Å². The molecule has 72 valence electrons. The first kappa shape index (κ1) is 10.4. The minimum atomic E-state index is -0.860. The molecule has 0 saturated carbocycles. The van der Waals surface area contributed by atoms with Crippen molar-refractivity contribution in [3.63, 3.8) is 0 Å². The van der Waals surface area contributed by atoms with Gasteiger partial charge in [-0.15, -0.1) is 0 Å². The van der Waals surface area contributed by atoms with Crippen LogP contribution in [0.4, 0.5) is 8.78 Å². The maximum absolute atomic E-state index is 13.3. The van der Waals surface area contributed by atoms with Crippen molar-refractivity contribution in [2.24, 2.45) is 5.73 Å². The summed E-state index contributed by atoms with van der Waals surface area (Å²) in [6.45, 7) is 3.25. The molecule has 13 heavy (non-hydrogen) atoms. The van der Waals surface area contributed by atoms with Gasteiger partial charge in [-0.2, -0.15) is 0 Å². The molecular formula is C9H10ClF2N. The Hall–Kier alpha value is -0.670. The molecule has 0 aromatic heterocycles. The number of nitrogens with two attached hydrogens (primary N) is 1. The van der Waals surface area contributed by atoms with Crippen molar-refractivity contribution >= 4 is 11.6 Å². The van der Waals surface area contributed by atoms with Crippen LogP contribution in [0.15, 0.2) is 12.1 Å². The Labute approximate surface area is 80.5 Å². The van der Waals surface area contributed by atoms with Gasteiger partial charge in [-0.3, -0.25) is 0 Å². The molecule has 4 heteroatoms. The van der Waals surface area contributed by atoms with Crippen LogP contribution in [0, 0.1) is 11.6 Å². The Morgan fingerprint density at radius 2 is 1.85 bits per heavy atom. The summed E-state index contributed by atoms with van der Waals surface area (Å²) in [6, 6.07) is 2.41. The lowest BCUT2D eigenvalue weighted by atomic mass is 9.95. The highest BCUT2D eigenvalue weighted by atomic mass is 35.5. The van der Waals surface area contributed by atoms with Gasteiger partial charge in [0.2, 0.25) is 0 Å². The van der Waals surface area contributed by atoms with E-state index in [1.165, 1.54) is 6.07 Å². The second-order valence-corrected chi connectivity index (χ2v) is 3.82. The van der Waals surface area contributed by atoms with Crippen LogP contribution >= 0.6 is 11.6 Å². The van der Waals surface area contributed by atoms with Crippen molar-refractivity contribution in [3.05, 3.63) is 34.4 Å². The fourth-order valence-corrected chi connectivity index (χ4v) is 1.19. The van der Waals surface area contributed by atoms with Crippen molar-refractivity contribution in [1.82, 2.24) is 0 Å². The van der Waals surface area contributed by atoms with Gasteiger partial charge in [0, 0.05) is 11.1 Å². The second-order valence-electron chi connectivity index (χ2n) is 3.44. The highest BCUT2D eigenvalue weighted by Crippen LogP contribution is 2.27. The smallest absolute Gasteiger partial charge is 0.149 e. The Bertz CT molecular complexity index is 331. The lowest BCUT2D eigenvalue weighted by Crippen LogP contribution is -2.30. The number of hydrogen-bond donors (Lipinski definition) is 1. The van der Waals surface area contributed by atoms with Crippen LogP contribution in [0.3, 0.4) is 0 Å². The zero-order valence-corrected chi connectivity index (χ0v) is 8.12. The predicted octanol–water partition coefficient (Wildman–Crippen LogP) is 2.81. The summed E-state index contributed by atoms with van der Waals surface area (Å²) in [5.74, 6) is -1.55. The normalized spacial score (nSPS) is 11.8. The van der Waals surface area contributed by atoms with E-state index in [1.807, 2.05) is 0 Å². The molecule has 0 aliphatic heterocycles. The van der Waals surface area contributed by atoms with Gasteiger partial charge in [0.15, 0.2) is 0 Å². The lowest BCUT2D eigenvalue weighted by molar-refractivity contribution is 0.493. The van der Waals surface area contributed by atoms with E-state index in [4.69, 9.17) is 17.3 Å². The fourth-order valence-electron chi connectivity index (χ4n) is 1.02. The quantitative estimate of drug-likeness (QED) is 0.701. The average Bonchev–Trinajstić information content (AvgIpc) is 1.98. The number of hydrogen-bond acceptors (Lipinski definition) is 1. The zero-order chi connectivity index (χ0) is 10.2. The molecule has 0 amide bonds. The Morgan fingerprint density at radius 3 is 2.31 bits per heavy atom. The second kappa shape index (κ2) is 3.24. The monoisotopic (exact) mass is 205 g/mol. The molecule has 0 saturated heterocycles. The van der Waals surface area contributed by atoms with Gasteiger partial charge in [0.05, 0.1) is 0 Å². The molecule has 2 N–H and O–H groups in total. The van der Waals surface area contributed by atoms with Crippen molar-refractivity contribution in [2.45, 2.75) is 19.4 Å². The largest absolute Gasteiger partial charge is 0.322 e. The summed E-state index contributed by atoms with van der Waals surface area (Å²) in [5, 5.41) is -0.504. The first-order valence-electron chi connectivity index (χ1n) is 3.77. The minimum absolute atomic E-state index is 0.207. The number of benzene rings is 1. The molecule has 1 nitrogen and oxygen atoms in total. The van der Waals surface area contributed by atoms with E-state index >= 15 is 0 Å².